The summed E-state index contributed by atoms with van der Waals surface area (Å²) in [5.74, 6) is 1.46. The molecule has 18 nitrogen and oxygen atoms in total. The van der Waals surface area contributed by atoms with E-state index in [1.165, 1.54) is 4.80 Å². The summed E-state index contributed by atoms with van der Waals surface area (Å²) >= 11 is 0. The first-order valence-electron chi connectivity index (χ1n) is 18.2. The molecule has 7 N–H and O–H groups in total. The molecule has 5 heterocycles. The third-order valence-electron chi connectivity index (χ3n) is 10.3. The summed E-state index contributed by atoms with van der Waals surface area (Å²) < 4.78 is 1.77. The van der Waals surface area contributed by atoms with Crippen molar-refractivity contribution in [2.45, 2.75) is 62.4 Å². The van der Waals surface area contributed by atoms with Crippen LogP contribution in [0.15, 0.2) is 79.4 Å². The number of aliphatic hydroxyl groups is 2. The Morgan fingerprint density at radius 1 is 0.927 bits per heavy atom. The number of hydrogen-bond donors (Lipinski definition) is 7. The molecule has 5 atom stereocenters. The molecule has 1 aliphatic carbocycles. The highest BCUT2D eigenvalue weighted by atomic mass is 16.3. The molecule has 2 aromatic carbocycles. The first-order valence-corrected chi connectivity index (χ1v) is 18.2. The fourth-order valence-corrected chi connectivity index (χ4v) is 7.33. The predicted octanol–water partition coefficient (Wildman–Crippen LogP) is 2.73. The number of tetrazole rings is 1. The van der Waals surface area contributed by atoms with Crippen molar-refractivity contribution in [1.29, 1.82) is 0 Å². The maximum atomic E-state index is 12.8. The highest BCUT2D eigenvalue weighted by molar-refractivity contribution is 5.89. The number of nitrogens with one attached hydrogen (secondary N) is 3. The second-order valence-corrected chi connectivity index (χ2v) is 13.8. The summed E-state index contributed by atoms with van der Waals surface area (Å²) in [5.41, 5.74) is 3.38. The number of nitrogens with zero attached hydrogens (tertiary/aromatic N) is 10. The molecule has 55 heavy (non-hydrogen) atoms. The van der Waals surface area contributed by atoms with E-state index in [1.807, 2.05) is 36.1 Å². The van der Waals surface area contributed by atoms with Crippen molar-refractivity contribution < 1.29 is 25.2 Å². The van der Waals surface area contributed by atoms with Crippen LogP contribution in [0, 0.1) is 0 Å². The summed E-state index contributed by atoms with van der Waals surface area (Å²) in [6, 6.07) is 15.6. The number of aliphatic hydroxyl groups excluding tert-OH is 2. The van der Waals surface area contributed by atoms with E-state index in [-0.39, 0.29) is 29.5 Å². The van der Waals surface area contributed by atoms with Crippen LogP contribution in [-0.2, 0) is 6.42 Å². The van der Waals surface area contributed by atoms with Crippen molar-refractivity contribution in [2.24, 2.45) is 0 Å². The lowest BCUT2D eigenvalue weighted by atomic mass is 9.91. The van der Waals surface area contributed by atoms with E-state index in [2.05, 4.69) is 36.3 Å². The van der Waals surface area contributed by atoms with Crippen molar-refractivity contribution in [2.75, 3.05) is 35.2 Å². The molecular weight excluding hydrogens is 706 g/mol. The van der Waals surface area contributed by atoms with E-state index in [9.17, 15) is 25.2 Å². The lowest BCUT2D eigenvalue weighted by molar-refractivity contribution is 0.00473. The zero-order valence-corrected chi connectivity index (χ0v) is 29.9. The van der Waals surface area contributed by atoms with Crippen molar-refractivity contribution >= 4 is 34.6 Å². The van der Waals surface area contributed by atoms with Gasteiger partial charge in [0, 0.05) is 56.1 Å². The Morgan fingerprint density at radius 2 is 1.62 bits per heavy atom. The number of aromatic hydroxyl groups is 2. The summed E-state index contributed by atoms with van der Waals surface area (Å²) in [4.78, 5) is 34.8. The Labute approximate surface area is 314 Å². The zero-order chi connectivity index (χ0) is 38.1. The standard InChI is InChI=1S/C37H41N13O5/c1-2-30-45-47-50(46-30)29-17-28(32(53)33(29)54)49-20-40-31-34(39-18-27(21-3-7-25(51)8-4-21)22-5-9-26(52)10-6-22)43-36(44-35(31)49)48-16-13-24(19-48)42-37(55)41-23-11-14-38-15-12-23/h3-12,14-15,20,24,27-29,32-33,51-54H,2,13,16-19H2,1H3,(H,39,43,44)(H2,38,41,42,55)/t24-,28-,29+,32+,33-/m1/s1. The molecule has 2 fully saturated rings. The summed E-state index contributed by atoms with van der Waals surface area (Å²) in [7, 11) is 0. The van der Waals surface area contributed by atoms with Gasteiger partial charge in [-0.25, -0.2) is 9.78 Å². The number of imidazole rings is 1. The van der Waals surface area contributed by atoms with E-state index >= 15 is 0 Å². The first kappa shape index (κ1) is 35.6. The lowest BCUT2D eigenvalue weighted by Crippen LogP contribution is -2.40. The van der Waals surface area contributed by atoms with Crippen LogP contribution in [-0.4, -0.2) is 109 Å². The Kier molecular flexibility index (Phi) is 9.81. The number of fused-ring (bicyclic) bond motifs is 1. The number of carbonyl (C=O) groups excluding carboxylic acids is 1. The number of hydrogen-bond acceptors (Lipinski definition) is 14. The van der Waals surface area contributed by atoms with Gasteiger partial charge in [-0.15, -0.1) is 10.2 Å². The minimum absolute atomic E-state index is 0.147. The van der Waals surface area contributed by atoms with Crippen LogP contribution >= 0.6 is 0 Å². The number of benzene rings is 2. The number of urea groups is 1. The topological polar surface area (TPSA) is 237 Å². The monoisotopic (exact) mass is 747 g/mol. The van der Waals surface area contributed by atoms with Gasteiger partial charge in [-0.1, -0.05) is 31.2 Å². The molecule has 0 spiro atoms. The Morgan fingerprint density at radius 3 is 2.29 bits per heavy atom. The maximum Gasteiger partial charge on any atom is 0.319 e. The van der Waals surface area contributed by atoms with Gasteiger partial charge in [-0.2, -0.15) is 14.8 Å². The van der Waals surface area contributed by atoms with E-state index < -0.39 is 24.3 Å². The summed E-state index contributed by atoms with van der Waals surface area (Å²) in [5, 5.41) is 64.5. The molecule has 0 radical (unpaired) electrons. The molecule has 6 aromatic rings. The smallest absolute Gasteiger partial charge is 0.319 e. The molecule has 18 heteroatoms. The number of pyridine rings is 1. The number of aromatic nitrogens is 9. The number of carbonyl (C=O) groups is 1. The summed E-state index contributed by atoms with van der Waals surface area (Å²) in [6.07, 6.45) is 3.98. The van der Waals surface area contributed by atoms with Gasteiger partial charge in [0.15, 0.2) is 22.8 Å². The van der Waals surface area contributed by atoms with E-state index in [1.54, 1.807) is 59.7 Å². The number of amides is 2. The lowest BCUT2D eigenvalue weighted by Gasteiger charge is -2.22. The Balaban J connectivity index is 1.11. The van der Waals surface area contributed by atoms with Gasteiger partial charge in [-0.05, 0) is 65.6 Å². The third kappa shape index (κ3) is 7.41. The zero-order valence-electron chi connectivity index (χ0n) is 29.9. The van der Waals surface area contributed by atoms with E-state index in [0.717, 1.165) is 11.1 Å². The number of phenols is 2. The van der Waals surface area contributed by atoms with Crippen LogP contribution in [0.25, 0.3) is 11.2 Å². The fraction of sp³-hybridized carbons (Fsp3) is 0.351. The second-order valence-electron chi connectivity index (χ2n) is 13.8. The van der Waals surface area contributed by atoms with Gasteiger partial charge in [-0.3, -0.25) is 4.98 Å². The van der Waals surface area contributed by atoms with Crippen molar-refractivity contribution in [3.8, 4) is 11.5 Å². The highest BCUT2D eigenvalue weighted by Gasteiger charge is 2.45. The molecule has 2 aliphatic rings. The van der Waals surface area contributed by atoms with Gasteiger partial charge < -0.3 is 45.8 Å². The molecule has 2 amide bonds. The molecule has 4 aromatic heterocycles. The van der Waals surface area contributed by atoms with Gasteiger partial charge in [0.05, 0.1) is 12.4 Å². The van der Waals surface area contributed by atoms with Crippen LogP contribution in [0.3, 0.4) is 0 Å². The van der Waals surface area contributed by atoms with E-state index in [4.69, 9.17) is 15.0 Å². The maximum absolute atomic E-state index is 12.8. The largest absolute Gasteiger partial charge is 0.508 e. The first-order chi connectivity index (χ1) is 26.7. The number of phenolic OH excluding ortho intramolecular Hbond substituents is 2. The summed E-state index contributed by atoms with van der Waals surface area (Å²) in [6.45, 7) is 3.28. The average Bonchev–Trinajstić information content (AvgIpc) is 4.01. The number of aryl methyl sites for hydroxylation is 1. The minimum atomic E-state index is -1.18. The second kappa shape index (κ2) is 15.2. The van der Waals surface area contributed by atoms with Crippen LogP contribution in [0.5, 0.6) is 11.5 Å². The van der Waals surface area contributed by atoms with Crippen molar-refractivity contribution in [1.82, 2.24) is 50.0 Å². The molecule has 1 saturated carbocycles. The number of rotatable bonds is 11. The Hall–Kier alpha value is -6.40. The van der Waals surface area contributed by atoms with Gasteiger partial charge in [0.25, 0.3) is 0 Å². The van der Waals surface area contributed by atoms with Crippen LogP contribution in [0.2, 0.25) is 0 Å². The SMILES string of the molecule is CCc1nnn([C@H]2C[C@@H](n3cnc4c(NCC(c5ccc(O)cc5)c5ccc(O)cc5)nc(N5CC[C@@H](NC(=O)Nc6ccncc6)C5)nc43)[C@H](O)[C@@H]2O)n1. The van der Waals surface area contributed by atoms with Crippen LogP contribution in [0.4, 0.5) is 22.2 Å². The average molecular weight is 748 g/mol. The number of anilines is 3. The quantitative estimate of drug-likeness (QED) is 0.101. The third-order valence-corrected chi connectivity index (χ3v) is 10.3. The van der Waals surface area contributed by atoms with Crippen LogP contribution in [0.1, 0.15) is 54.7 Å². The molecular formula is C37H41N13O5. The molecule has 0 bridgehead atoms. The molecule has 284 valence electrons. The van der Waals surface area contributed by atoms with Crippen molar-refractivity contribution in [3.05, 3.63) is 96.3 Å². The highest BCUT2D eigenvalue weighted by Crippen LogP contribution is 2.40. The fourth-order valence-electron chi connectivity index (χ4n) is 7.33. The minimum Gasteiger partial charge on any atom is -0.508 e. The molecule has 1 saturated heterocycles. The molecule has 1 aliphatic heterocycles. The van der Waals surface area contributed by atoms with E-state index in [0.29, 0.717) is 73.3 Å². The van der Waals surface area contributed by atoms with Gasteiger partial charge >= 0.3 is 6.03 Å². The predicted molar refractivity (Wildman–Crippen MR) is 201 cm³/mol. The van der Waals surface area contributed by atoms with Gasteiger partial charge in [0.2, 0.25) is 5.95 Å². The molecule has 0 unspecified atom stereocenters. The Bertz CT molecular complexity index is 2200. The van der Waals surface area contributed by atoms with Crippen molar-refractivity contribution in [3.63, 3.8) is 0 Å². The normalized spacial score (nSPS) is 21.0. The van der Waals surface area contributed by atoms with Gasteiger partial charge in [0.1, 0.15) is 29.7 Å². The molecule has 8 rings (SSSR count). The van der Waals surface area contributed by atoms with Crippen LogP contribution < -0.4 is 20.9 Å².